The van der Waals surface area contributed by atoms with Crippen molar-refractivity contribution >= 4 is 17.2 Å². The van der Waals surface area contributed by atoms with E-state index in [0.717, 1.165) is 24.1 Å². The molecule has 1 heterocycles. The van der Waals surface area contributed by atoms with E-state index in [2.05, 4.69) is 6.92 Å². The minimum absolute atomic E-state index is 0.103. The van der Waals surface area contributed by atoms with Crippen molar-refractivity contribution in [3.05, 3.63) is 57.9 Å². The highest BCUT2D eigenvalue weighted by Gasteiger charge is 2.11. The lowest BCUT2D eigenvalue weighted by molar-refractivity contribution is 0.618. The molecule has 21 heavy (non-hydrogen) atoms. The van der Waals surface area contributed by atoms with Gasteiger partial charge in [-0.3, -0.25) is 4.79 Å². The van der Waals surface area contributed by atoms with Gasteiger partial charge in [-0.1, -0.05) is 55.4 Å². The number of aromatic nitrogens is 1. The first-order valence-corrected chi connectivity index (χ1v) is 7.56. The van der Waals surface area contributed by atoms with Gasteiger partial charge in [-0.05, 0) is 31.0 Å². The second kappa shape index (κ2) is 6.68. The van der Waals surface area contributed by atoms with Crippen molar-refractivity contribution in [3.63, 3.8) is 0 Å². The zero-order valence-corrected chi connectivity index (χ0v) is 13.2. The first-order valence-electron chi connectivity index (χ1n) is 7.15. The molecular formula is C17H20N2OS. The van der Waals surface area contributed by atoms with Crippen molar-refractivity contribution in [1.82, 2.24) is 4.57 Å². The molecule has 1 aromatic heterocycles. The van der Waals surface area contributed by atoms with Gasteiger partial charge in [-0.2, -0.15) is 0 Å². The number of unbranched alkanes of at least 4 members (excludes halogenated alkanes) is 1. The molecule has 0 saturated carbocycles. The number of hydrogen-bond donors (Lipinski definition) is 1. The average Bonchev–Trinajstić information content (AvgIpc) is 2.46. The number of thiocarbonyl (C=S) groups is 1. The van der Waals surface area contributed by atoms with E-state index in [1.165, 1.54) is 5.56 Å². The van der Waals surface area contributed by atoms with E-state index in [0.29, 0.717) is 12.1 Å². The van der Waals surface area contributed by atoms with E-state index >= 15 is 0 Å². The largest absolute Gasteiger partial charge is 0.389 e. The Hall–Kier alpha value is -1.94. The molecule has 4 heteroatoms. The monoisotopic (exact) mass is 300 g/mol. The second-order valence-electron chi connectivity index (χ2n) is 5.17. The summed E-state index contributed by atoms with van der Waals surface area (Å²) in [6, 6.07) is 11.8. The highest BCUT2D eigenvalue weighted by atomic mass is 32.1. The van der Waals surface area contributed by atoms with Gasteiger partial charge in [0.1, 0.15) is 4.99 Å². The van der Waals surface area contributed by atoms with Crippen LogP contribution in [0.3, 0.4) is 0 Å². The number of nitrogens with two attached hydrogens (primary N) is 1. The third-order valence-electron chi connectivity index (χ3n) is 3.52. The maximum atomic E-state index is 12.6. The fourth-order valence-electron chi connectivity index (χ4n) is 2.28. The van der Waals surface area contributed by atoms with E-state index in [-0.39, 0.29) is 10.5 Å². The zero-order valence-electron chi connectivity index (χ0n) is 12.4. The van der Waals surface area contributed by atoms with Gasteiger partial charge < -0.3 is 10.3 Å². The number of pyridine rings is 1. The Labute approximate surface area is 130 Å². The minimum atomic E-state index is -0.103. The van der Waals surface area contributed by atoms with Crippen LogP contribution in [0, 0.1) is 6.92 Å². The van der Waals surface area contributed by atoms with Crippen LogP contribution in [0.1, 0.15) is 30.9 Å². The van der Waals surface area contributed by atoms with Crippen molar-refractivity contribution in [2.75, 3.05) is 0 Å². The summed E-state index contributed by atoms with van der Waals surface area (Å²) in [5.74, 6) is 0. The summed E-state index contributed by atoms with van der Waals surface area (Å²) in [5.41, 5.74) is 9.09. The molecule has 1 aromatic carbocycles. The predicted octanol–water partition coefficient (Wildman–Crippen LogP) is 3.26. The standard InChI is InChI=1S/C17H20N2OS/c1-3-4-11-19-15(13-7-5-12(2)6-8-13)10-9-14(16(18)21)17(19)20/h5-10H,3-4,11H2,1-2H3,(H2,18,21). The van der Waals surface area contributed by atoms with Crippen molar-refractivity contribution in [1.29, 1.82) is 0 Å². The number of nitrogens with zero attached hydrogens (tertiary/aromatic N) is 1. The van der Waals surface area contributed by atoms with E-state index in [4.69, 9.17) is 18.0 Å². The van der Waals surface area contributed by atoms with E-state index in [1.807, 2.05) is 37.3 Å². The summed E-state index contributed by atoms with van der Waals surface area (Å²) in [6.07, 6.45) is 1.97. The number of hydrogen-bond acceptors (Lipinski definition) is 2. The predicted molar refractivity (Wildman–Crippen MR) is 91.7 cm³/mol. The molecule has 0 fully saturated rings. The molecule has 0 radical (unpaired) electrons. The highest BCUT2D eigenvalue weighted by Crippen LogP contribution is 2.19. The molecule has 0 aliphatic rings. The smallest absolute Gasteiger partial charge is 0.261 e. The highest BCUT2D eigenvalue weighted by molar-refractivity contribution is 7.80. The van der Waals surface area contributed by atoms with Crippen molar-refractivity contribution in [3.8, 4) is 11.3 Å². The Morgan fingerprint density at radius 3 is 2.43 bits per heavy atom. The maximum absolute atomic E-state index is 12.6. The Morgan fingerprint density at radius 1 is 1.19 bits per heavy atom. The van der Waals surface area contributed by atoms with Crippen molar-refractivity contribution < 1.29 is 0 Å². The molecule has 2 aromatic rings. The molecule has 0 atom stereocenters. The van der Waals surface area contributed by atoms with Gasteiger partial charge in [-0.15, -0.1) is 0 Å². The first-order chi connectivity index (χ1) is 10.0. The Kier molecular flexibility index (Phi) is 4.91. The quantitative estimate of drug-likeness (QED) is 0.862. The van der Waals surface area contributed by atoms with Gasteiger partial charge in [-0.25, -0.2) is 0 Å². The van der Waals surface area contributed by atoms with E-state index in [9.17, 15) is 4.79 Å². The van der Waals surface area contributed by atoms with Gasteiger partial charge in [0.05, 0.1) is 11.3 Å². The summed E-state index contributed by atoms with van der Waals surface area (Å²) in [5, 5.41) is 0. The third-order valence-corrected chi connectivity index (χ3v) is 3.74. The fourth-order valence-corrected chi connectivity index (χ4v) is 2.44. The van der Waals surface area contributed by atoms with Crippen LogP contribution in [0.15, 0.2) is 41.2 Å². The summed E-state index contributed by atoms with van der Waals surface area (Å²) in [7, 11) is 0. The minimum Gasteiger partial charge on any atom is -0.389 e. The van der Waals surface area contributed by atoms with E-state index < -0.39 is 0 Å². The number of benzene rings is 1. The molecule has 2 N–H and O–H groups in total. The maximum Gasteiger partial charge on any atom is 0.261 e. The molecule has 0 saturated heterocycles. The molecule has 0 amide bonds. The summed E-state index contributed by atoms with van der Waals surface area (Å²) in [6.45, 7) is 4.83. The van der Waals surface area contributed by atoms with Crippen LogP contribution in [0.2, 0.25) is 0 Å². The Bertz CT molecular complexity index is 702. The number of rotatable bonds is 5. The van der Waals surface area contributed by atoms with Crippen LogP contribution >= 0.6 is 12.2 Å². The molecule has 0 unspecified atom stereocenters. The van der Waals surface area contributed by atoms with Crippen LogP contribution in [-0.4, -0.2) is 9.56 Å². The SMILES string of the molecule is CCCCn1c(-c2ccc(C)cc2)ccc(C(N)=S)c1=O. The van der Waals surface area contributed by atoms with Gasteiger partial charge in [0.2, 0.25) is 0 Å². The molecule has 2 rings (SSSR count). The average molecular weight is 300 g/mol. The Balaban J connectivity index is 2.59. The molecule has 3 nitrogen and oxygen atoms in total. The van der Waals surface area contributed by atoms with Gasteiger partial charge in [0, 0.05) is 6.54 Å². The van der Waals surface area contributed by atoms with Gasteiger partial charge in [0.15, 0.2) is 0 Å². The van der Waals surface area contributed by atoms with Gasteiger partial charge in [0.25, 0.3) is 5.56 Å². The molecule has 110 valence electrons. The molecule has 0 aliphatic carbocycles. The molecular weight excluding hydrogens is 280 g/mol. The Morgan fingerprint density at radius 2 is 1.86 bits per heavy atom. The van der Waals surface area contributed by atoms with Crippen molar-refractivity contribution in [2.24, 2.45) is 5.73 Å². The van der Waals surface area contributed by atoms with E-state index in [1.54, 1.807) is 10.6 Å². The van der Waals surface area contributed by atoms with Crippen LogP contribution < -0.4 is 11.3 Å². The van der Waals surface area contributed by atoms with Crippen LogP contribution in [0.4, 0.5) is 0 Å². The van der Waals surface area contributed by atoms with Gasteiger partial charge >= 0.3 is 0 Å². The lowest BCUT2D eigenvalue weighted by atomic mass is 10.1. The fraction of sp³-hybridized carbons (Fsp3) is 0.294. The molecule has 0 bridgehead atoms. The van der Waals surface area contributed by atoms with Crippen LogP contribution in [-0.2, 0) is 6.54 Å². The first kappa shape index (κ1) is 15.4. The lowest BCUT2D eigenvalue weighted by Gasteiger charge is -2.14. The topological polar surface area (TPSA) is 48.0 Å². The van der Waals surface area contributed by atoms with Crippen LogP contribution in [0.25, 0.3) is 11.3 Å². The second-order valence-corrected chi connectivity index (χ2v) is 5.61. The van der Waals surface area contributed by atoms with Crippen LogP contribution in [0.5, 0.6) is 0 Å². The summed E-state index contributed by atoms with van der Waals surface area (Å²) in [4.78, 5) is 12.7. The summed E-state index contributed by atoms with van der Waals surface area (Å²) < 4.78 is 1.78. The number of aryl methyl sites for hydroxylation is 1. The molecule has 0 spiro atoms. The third kappa shape index (κ3) is 3.39. The zero-order chi connectivity index (χ0) is 15.4. The lowest BCUT2D eigenvalue weighted by Crippen LogP contribution is -2.30. The molecule has 0 aliphatic heterocycles. The van der Waals surface area contributed by atoms with Crippen molar-refractivity contribution in [2.45, 2.75) is 33.2 Å². The normalized spacial score (nSPS) is 10.6. The summed E-state index contributed by atoms with van der Waals surface area (Å²) >= 11 is 4.96.